The SMILES string of the molecule is [CH2]C(=O)N1CCCC(Cc2ccc(F)cc2)C1. The fourth-order valence-electron chi connectivity index (χ4n) is 2.41. The van der Waals surface area contributed by atoms with Gasteiger partial charge in [0.15, 0.2) is 0 Å². The summed E-state index contributed by atoms with van der Waals surface area (Å²) in [6, 6.07) is 6.62. The minimum absolute atomic E-state index is 0.0891. The van der Waals surface area contributed by atoms with Gasteiger partial charge < -0.3 is 4.90 Å². The summed E-state index contributed by atoms with van der Waals surface area (Å²) in [7, 11) is 0. The third-order valence-corrected chi connectivity index (χ3v) is 3.31. The molecule has 1 heterocycles. The molecule has 1 radical (unpaired) electrons. The van der Waals surface area contributed by atoms with Crippen LogP contribution in [-0.4, -0.2) is 23.9 Å². The fourth-order valence-corrected chi connectivity index (χ4v) is 2.41. The molecule has 0 saturated carbocycles. The molecule has 1 saturated heterocycles. The van der Waals surface area contributed by atoms with Crippen LogP contribution in [0.25, 0.3) is 0 Å². The van der Waals surface area contributed by atoms with Crippen LogP contribution < -0.4 is 0 Å². The van der Waals surface area contributed by atoms with Gasteiger partial charge in [-0.05, 0) is 42.9 Å². The summed E-state index contributed by atoms with van der Waals surface area (Å²) in [5.74, 6) is 0.181. The highest BCUT2D eigenvalue weighted by atomic mass is 19.1. The summed E-state index contributed by atoms with van der Waals surface area (Å²) in [5.41, 5.74) is 1.13. The molecule has 1 atom stereocenters. The number of amides is 1. The molecule has 0 spiro atoms. The van der Waals surface area contributed by atoms with E-state index in [0.29, 0.717) is 5.92 Å². The van der Waals surface area contributed by atoms with Gasteiger partial charge >= 0.3 is 0 Å². The lowest BCUT2D eigenvalue weighted by Crippen LogP contribution is -2.39. The molecule has 1 amide bonds. The lowest BCUT2D eigenvalue weighted by Gasteiger charge is -2.32. The number of likely N-dealkylation sites (tertiary alicyclic amines) is 1. The number of piperidine rings is 1. The quantitative estimate of drug-likeness (QED) is 0.769. The number of benzene rings is 1. The third kappa shape index (κ3) is 3.29. The molecular weight excluding hydrogens is 217 g/mol. The van der Waals surface area contributed by atoms with E-state index in [9.17, 15) is 9.18 Å². The lowest BCUT2D eigenvalue weighted by molar-refractivity contribution is -0.128. The van der Waals surface area contributed by atoms with Gasteiger partial charge in [-0.3, -0.25) is 4.79 Å². The Hall–Kier alpha value is -1.38. The van der Waals surface area contributed by atoms with Crippen molar-refractivity contribution in [1.29, 1.82) is 0 Å². The molecule has 2 rings (SSSR count). The first kappa shape index (κ1) is 12.1. The first-order valence-corrected chi connectivity index (χ1v) is 6.00. The Labute approximate surface area is 101 Å². The van der Waals surface area contributed by atoms with Gasteiger partial charge in [-0.2, -0.15) is 0 Å². The van der Waals surface area contributed by atoms with Gasteiger partial charge in [0.05, 0.1) is 0 Å². The summed E-state index contributed by atoms with van der Waals surface area (Å²) in [6.07, 6.45) is 3.07. The molecule has 0 aromatic heterocycles. The van der Waals surface area contributed by atoms with Crippen LogP contribution in [0.4, 0.5) is 4.39 Å². The highest BCUT2D eigenvalue weighted by Gasteiger charge is 2.21. The van der Waals surface area contributed by atoms with Crippen LogP contribution >= 0.6 is 0 Å². The first-order valence-electron chi connectivity index (χ1n) is 6.00. The van der Waals surface area contributed by atoms with Crippen molar-refractivity contribution >= 4 is 5.91 Å². The van der Waals surface area contributed by atoms with Crippen LogP contribution in [0.1, 0.15) is 18.4 Å². The minimum atomic E-state index is -0.202. The standard InChI is InChI=1S/C14H17FNO/c1-11(17)16-8-2-3-13(10-16)9-12-4-6-14(15)7-5-12/h4-7,13H,1-3,8-10H2. The second-order valence-electron chi connectivity index (χ2n) is 4.68. The van der Waals surface area contributed by atoms with E-state index in [-0.39, 0.29) is 11.7 Å². The van der Waals surface area contributed by atoms with Gasteiger partial charge in [-0.1, -0.05) is 12.1 Å². The van der Waals surface area contributed by atoms with Crippen LogP contribution in [0, 0.1) is 18.7 Å². The number of rotatable bonds is 2. The molecule has 0 bridgehead atoms. The number of nitrogens with zero attached hydrogens (tertiary/aromatic N) is 1. The topological polar surface area (TPSA) is 20.3 Å². The van der Waals surface area contributed by atoms with Crippen LogP contribution in [-0.2, 0) is 11.2 Å². The van der Waals surface area contributed by atoms with Gasteiger partial charge in [0.25, 0.3) is 0 Å². The highest BCUT2D eigenvalue weighted by molar-refractivity contribution is 5.80. The molecule has 1 aromatic rings. The zero-order chi connectivity index (χ0) is 12.3. The van der Waals surface area contributed by atoms with Crippen molar-refractivity contribution < 1.29 is 9.18 Å². The maximum absolute atomic E-state index is 12.8. The van der Waals surface area contributed by atoms with E-state index in [2.05, 4.69) is 6.92 Å². The fraction of sp³-hybridized carbons (Fsp3) is 0.429. The number of carbonyl (C=O) groups excluding carboxylic acids is 1. The Kier molecular flexibility index (Phi) is 3.77. The van der Waals surface area contributed by atoms with Crippen LogP contribution in [0.3, 0.4) is 0 Å². The zero-order valence-corrected chi connectivity index (χ0v) is 9.86. The van der Waals surface area contributed by atoms with Crippen LogP contribution in [0.15, 0.2) is 24.3 Å². The Morgan fingerprint density at radius 3 is 2.76 bits per heavy atom. The van der Waals surface area contributed by atoms with Crippen molar-refractivity contribution in [3.8, 4) is 0 Å². The average Bonchev–Trinajstić information content (AvgIpc) is 2.32. The third-order valence-electron chi connectivity index (χ3n) is 3.31. The van der Waals surface area contributed by atoms with Crippen molar-refractivity contribution in [1.82, 2.24) is 4.90 Å². The van der Waals surface area contributed by atoms with Gasteiger partial charge in [0.2, 0.25) is 5.91 Å². The summed E-state index contributed by atoms with van der Waals surface area (Å²) < 4.78 is 12.8. The van der Waals surface area contributed by atoms with E-state index in [4.69, 9.17) is 0 Å². The van der Waals surface area contributed by atoms with E-state index < -0.39 is 0 Å². The van der Waals surface area contributed by atoms with Crippen molar-refractivity contribution in [2.45, 2.75) is 19.3 Å². The normalized spacial score (nSPS) is 20.4. The average molecular weight is 234 g/mol. The molecule has 91 valence electrons. The molecule has 1 aromatic carbocycles. The number of carbonyl (C=O) groups is 1. The van der Waals surface area contributed by atoms with E-state index in [1.54, 1.807) is 4.90 Å². The Bertz CT molecular complexity index is 388. The Balaban J connectivity index is 1.94. The number of hydrogen-bond donors (Lipinski definition) is 0. The second-order valence-corrected chi connectivity index (χ2v) is 4.68. The summed E-state index contributed by atoms with van der Waals surface area (Å²) >= 11 is 0. The number of hydrogen-bond acceptors (Lipinski definition) is 1. The molecular formula is C14H17FNO. The molecule has 1 fully saturated rings. The molecule has 1 aliphatic heterocycles. The predicted octanol–water partition coefficient (Wildman–Crippen LogP) is 2.44. The minimum Gasteiger partial charge on any atom is -0.342 e. The zero-order valence-electron chi connectivity index (χ0n) is 9.86. The van der Waals surface area contributed by atoms with Crippen LogP contribution in [0.2, 0.25) is 0 Å². The second kappa shape index (κ2) is 5.30. The molecule has 2 nitrogen and oxygen atoms in total. The van der Waals surface area contributed by atoms with Gasteiger partial charge in [-0.25, -0.2) is 4.39 Å². The summed E-state index contributed by atoms with van der Waals surface area (Å²) in [6.45, 7) is 5.05. The molecule has 0 aliphatic carbocycles. The van der Waals surface area contributed by atoms with Crippen molar-refractivity contribution in [3.63, 3.8) is 0 Å². The Morgan fingerprint density at radius 2 is 2.12 bits per heavy atom. The summed E-state index contributed by atoms with van der Waals surface area (Å²) in [4.78, 5) is 13.0. The van der Waals surface area contributed by atoms with E-state index in [1.165, 1.54) is 12.1 Å². The van der Waals surface area contributed by atoms with Crippen molar-refractivity contribution in [3.05, 3.63) is 42.6 Å². The molecule has 1 aliphatic rings. The molecule has 17 heavy (non-hydrogen) atoms. The van der Waals surface area contributed by atoms with Gasteiger partial charge in [0, 0.05) is 20.0 Å². The van der Waals surface area contributed by atoms with E-state index in [1.807, 2.05) is 12.1 Å². The molecule has 1 unspecified atom stereocenters. The first-order chi connectivity index (χ1) is 8.15. The predicted molar refractivity (Wildman–Crippen MR) is 64.8 cm³/mol. The molecule has 3 heteroatoms. The lowest BCUT2D eigenvalue weighted by atomic mass is 9.91. The largest absolute Gasteiger partial charge is 0.342 e. The smallest absolute Gasteiger partial charge is 0.223 e. The summed E-state index contributed by atoms with van der Waals surface area (Å²) in [5, 5.41) is 0. The molecule has 0 N–H and O–H groups in total. The van der Waals surface area contributed by atoms with Crippen molar-refractivity contribution in [2.24, 2.45) is 5.92 Å². The maximum atomic E-state index is 12.8. The van der Waals surface area contributed by atoms with Crippen molar-refractivity contribution in [2.75, 3.05) is 13.1 Å². The Morgan fingerprint density at radius 1 is 1.41 bits per heavy atom. The highest BCUT2D eigenvalue weighted by Crippen LogP contribution is 2.21. The maximum Gasteiger partial charge on any atom is 0.223 e. The van der Waals surface area contributed by atoms with Crippen LogP contribution in [0.5, 0.6) is 0 Å². The van der Waals surface area contributed by atoms with E-state index >= 15 is 0 Å². The number of halogens is 1. The van der Waals surface area contributed by atoms with E-state index in [0.717, 1.165) is 37.9 Å². The van der Waals surface area contributed by atoms with Gasteiger partial charge in [0.1, 0.15) is 5.82 Å². The monoisotopic (exact) mass is 234 g/mol. The van der Waals surface area contributed by atoms with Gasteiger partial charge in [-0.15, -0.1) is 0 Å².